The zero-order valence-corrected chi connectivity index (χ0v) is 17.1. The summed E-state index contributed by atoms with van der Waals surface area (Å²) in [6.07, 6.45) is 1.42. The van der Waals surface area contributed by atoms with E-state index in [0.717, 1.165) is 44.8 Å². The highest BCUT2D eigenvalue weighted by Gasteiger charge is 2.20. The number of amides is 1. The largest absolute Gasteiger partial charge is 0.507 e. The third-order valence-electron chi connectivity index (χ3n) is 5.02. The van der Waals surface area contributed by atoms with Crippen LogP contribution in [0.1, 0.15) is 26.7 Å². The van der Waals surface area contributed by atoms with Crippen LogP contribution in [0.5, 0.6) is 5.75 Å². The number of hydrogen-bond donors (Lipinski definition) is 3. The van der Waals surface area contributed by atoms with Gasteiger partial charge in [-0.25, -0.2) is 0 Å². The molecule has 0 saturated carbocycles. The quantitative estimate of drug-likeness (QED) is 0.653. The first-order chi connectivity index (χ1) is 13.9. The van der Waals surface area contributed by atoms with Crippen LogP contribution < -0.4 is 16.0 Å². The highest BCUT2D eigenvalue weighted by Crippen LogP contribution is 2.31. The molecule has 1 saturated heterocycles. The average Bonchev–Trinajstić information content (AvgIpc) is 2.69. The van der Waals surface area contributed by atoms with Crippen molar-refractivity contribution in [3.8, 4) is 17.0 Å². The second kappa shape index (κ2) is 9.56. The molecule has 1 aliphatic rings. The maximum absolute atomic E-state index is 11.8. The van der Waals surface area contributed by atoms with Gasteiger partial charge in [-0.2, -0.15) is 0 Å². The number of phenols is 1. The van der Waals surface area contributed by atoms with Gasteiger partial charge < -0.3 is 21.1 Å². The minimum Gasteiger partial charge on any atom is -0.507 e. The van der Waals surface area contributed by atoms with Gasteiger partial charge in [0.1, 0.15) is 5.75 Å². The van der Waals surface area contributed by atoms with Crippen molar-refractivity contribution >= 4 is 17.4 Å². The van der Waals surface area contributed by atoms with E-state index in [1.807, 2.05) is 32.0 Å². The molecule has 0 bridgehead atoms. The zero-order chi connectivity index (χ0) is 20.8. The summed E-state index contributed by atoms with van der Waals surface area (Å²) >= 11 is 0. The Morgan fingerprint density at radius 1 is 1.21 bits per heavy atom. The Labute approximate surface area is 171 Å². The number of anilines is 2. The Kier molecular flexibility index (Phi) is 6.87. The summed E-state index contributed by atoms with van der Waals surface area (Å²) in [6.45, 7) is 8.32. The molecular weight excluding hydrogens is 368 g/mol. The summed E-state index contributed by atoms with van der Waals surface area (Å²) in [6, 6.07) is 9.15. The Balaban J connectivity index is 1.56. The van der Waals surface area contributed by atoms with Gasteiger partial charge in [0, 0.05) is 44.2 Å². The van der Waals surface area contributed by atoms with Crippen LogP contribution in [-0.4, -0.2) is 64.9 Å². The first kappa shape index (κ1) is 20.9. The van der Waals surface area contributed by atoms with Gasteiger partial charge in [-0.3, -0.25) is 9.69 Å². The lowest BCUT2D eigenvalue weighted by atomic mass is 10.1. The molecule has 0 atom stereocenters. The van der Waals surface area contributed by atoms with Crippen molar-refractivity contribution in [2.75, 3.05) is 43.4 Å². The van der Waals surface area contributed by atoms with Gasteiger partial charge in [-0.1, -0.05) is 12.1 Å². The molecule has 29 heavy (non-hydrogen) atoms. The Bertz CT molecular complexity index is 834. The number of para-hydroxylation sites is 1. The number of aromatic hydroxyl groups is 1. The number of nitrogen functional groups attached to an aromatic ring is 1. The molecule has 0 spiro atoms. The molecule has 2 aromatic rings. The lowest BCUT2D eigenvalue weighted by molar-refractivity contribution is -0.121. The summed E-state index contributed by atoms with van der Waals surface area (Å²) in [5.41, 5.74) is 8.17. The molecule has 1 amide bonds. The van der Waals surface area contributed by atoms with Gasteiger partial charge in [0.2, 0.25) is 5.91 Å². The van der Waals surface area contributed by atoms with Crippen molar-refractivity contribution in [3.63, 3.8) is 0 Å². The van der Waals surface area contributed by atoms with Crippen LogP contribution >= 0.6 is 0 Å². The van der Waals surface area contributed by atoms with E-state index < -0.39 is 0 Å². The highest BCUT2D eigenvalue weighted by molar-refractivity contribution is 5.76. The molecule has 8 nitrogen and oxygen atoms in total. The van der Waals surface area contributed by atoms with E-state index >= 15 is 0 Å². The molecule has 4 N–H and O–H groups in total. The fourth-order valence-corrected chi connectivity index (χ4v) is 3.54. The van der Waals surface area contributed by atoms with Gasteiger partial charge in [0.15, 0.2) is 5.82 Å². The standard InChI is InChI=1S/C21H30N6O2/c1-15(2)23-20(29)8-5-9-26-10-12-27(13-11-26)18-14-17(24-25-21(18)22)16-6-3-4-7-19(16)28/h3-4,6-7,14-15,28H,5,8-13H2,1-2H3,(H2,22,25)(H,23,29). The molecular formula is C21H30N6O2. The number of nitrogens with one attached hydrogen (secondary N) is 1. The Hall–Kier alpha value is -2.87. The van der Waals surface area contributed by atoms with E-state index in [9.17, 15) is 9.90 Å². The normalized spacial score (nSPS) is 14.9. The Morgan fingerprint density at radius 2 is 1.93 bits per heavy atom. The molecule has 1 aromatic heterocycles. The summed E-state index contributed by atoms with van der Waals surface area (Å²) < 4.78 is 0. The minimum absolute atomic E-state index is 0.117. The maximum Gasteiger partial charge on any atom is 0.220 e. The smallest absolute Gasteiger partial charge is 0.220 e. The third kappa shape index (κ3) is 5.57. The van der Waals surface area contributed by atoms with E-state index in [-0.39, 0.29) is 17.7 Å². The second-order valence-electron chi connectivity index (χ2n) is 7.67. The van der Waals surface area contributed by atoms with Gasteiger partial charge in [0.05, 0.1) is 11.4 Å². The molecule has 0 radical (unpaired) electrons. The molecule has 156 valence electrons. The maximum atomic E-state index is 11.8. The van der Waals surface area contributed by atoms with E-state index in [1.165, 1.54) is 0 Å². The number of hydrogen-bond acceptors (Lipinski definition) is 7. The van der Waals surface area contributed by atoms with Gasteiger partial charge in [-0.05, 0) is 45.0 Å². The summed E-state index contributed by atoms with van der Waals surface area (Å²) in [4.78, 5) is 16.3. The first-order valence-electron chi connectivity index (χ1n) is 10.1. The minimum atomic E-state index is 0.117. The topological polar surface area (TPSA) is 108 Å². The average molecular weight is 399 g/mol. The van der Waals surface area contributed by atoms with E-state index in [0.29, 0.717) is 23.5 Å². The number of carbonyl (C=O) groups excluding carboxylic acids is 1. The van der Waals surface area contributed by atoms with Crippen molar-refractivity contribution in [1.82, 2.24) is 20.4 Å². The number of aromatic nitrogens is 2. The van der Waals surface area contributed by atoms with Crippen molar-refractivity contribution in [1.29, 1.82) is 0 Å². The number of carbonyl (C=O) groups is 1. The fourth-order valence-electron chi connectivity index (χ4n) is 3.54. The van der Waals surface area contributed by atoms with Crippen LogP contribution in [0, 0.1) is 0 Å². The van der Waals surface area contributed by atoms with Crippen LogP contribution in [0.2, 0.25) is 0 Å². The summed E-state index contributed by atoms with van der Waals surface area (Å²) in [7, 11) is 0. The Morgan fingerprint density at radius 3 is 2.62 bits per heavy atom. The van der Waals surface area contributed by atoms with Crippen LogP contribution in [0.25, 0.3) is 11.3 Å². The zero-order valence-electron chi connectivity index (χ0n) is 17.1. The number of nitrogens with two attached hydrogens (primary N) is 1. The molecule has 8 heteroatoms. The second-order valence-corrected chi connectivity index (χ2v) is 7.67. The van der Waals surface area contributed by atoms with Crippen molar-refractivity contribution < 1.29 is 9.90 Å². The molecule has 0 aliphatic carbocycles. The number of nitrogens with zero attached hydrogens (tertiary/aromatic N) is 4. The van der Waals surface area contributed by atoms with E-state index in [1.54, 1.807) is 12.1 Å². The number of benzene rings is 1. The van der Waals surface area contributed by atoms with Crippen LogP contribution in [0.4, 0.5) is 11.5 Å². The highest BCUT2D eigenvalue weighted by atomic mass is 16.3. The van der Waals surface area contributed by atoms with E-state index in [2.05, 4.69) is 25.3 Å². The van der Waals surface area contributed by atoms with Gasteiger partial charge in [0.25, 0.3) is 0 Å². The molecule has 1 aromatic carbocycles. The van der Waals surface area contributed by atoms with Crippen LogP contribution in [0.3, 0.4) is 0 Å². The first-order valence-corrected chi connectivity index (χ1v) is 10.1. The van der Waals surface area contributed by atoms with Crippen LogP contribution in [0.15, 0.2) is 30.3 Å². The lowest BCUT2D eigenvalue weighted by Crippen LogP contribution is -2.47. The molecule has 1 aliphatic heterocycles. The molecule has 3 rings (SSSR count). The summed E-state index contributed by atoms with van der Waals surface area (Å²) in [5.74, 6) is 0.679. The SMILES string of the molecule is CC(C)NC(=O)CCCN1CCN(c2cc(-c3ccccc3O)nnc2N)CC1. The fraction of sp³-hybridized carbons (Fsp3) is 0.476. The van der Waals surface area contributed by atoms with Gasteiger partial charge >= 0.3 is 0 Å². The number of phenolic OH excluding ortho intramolecular Hbond substituents is 1. The number of piperazine rings is 1. The van der Waals surface area contributed by atoms with Crippen LogP contribution in [-0.2, 0) is 4.79 Å². The third-order valence-corrected chi connectivity index (χ3v) is 5.02. The predicted molar refractivity (Wildman–Crippen MR) is 115 cm³/mol. The molecule has 0 unspecified atom stereocenters. The van der Waals surface area contributed by atoms with Crippen molar-refractivity contribution in [3.05, 3.63) is 30.3 Å². The summed E-state index contributed by atoms with van der Waals surface area (Å²) in [5, 5.41) is 21.3. The van der Waals surface area contributed by atoms with Gasteiger partial charge in [-0.15, -0.1) is 10.2 Å². The van der Waals surface area contributed by atoms with E-state index in [4.69, 9.17) is 5.73 Å². The molecule has 2 heterocycles. The number of rotatable bonds is 7. The predicted octanol–water partition coefficient (Wildman–Crippen LogP) is 1.86. The van der Waals surface area contributed by atoms with Crippen molar-refractivity contribution in [2.45, 2.75) is 32.7 Å². The van der Waals surface area contributed by atoms with Crippen molar-refractivity contribution in [2.24, 2.45) is 0 Å². The monoisotopic (exact) mass is 398 g/mol. The lowest BCUT2D eigenvalue weighted by Gasteiger charge is -2.36. The molecule has 1 fully saturated rings.